The molecule has 202 valence electrons. The molecule has 2 aromatic rings. The number of rotatable bonds is 8. The van der Waals surface area contributed by atoms with Gasteiger partial charge in [0.15, 0.2) is 6.61 Å². The van der Waals surface area contributed by atoms with Crippen LogP contribution in [0.4, 0.5) is 22.0 Å². The lowest BCUT2D eigenvalue weighted by atomic mass is 10.0. The van der Waals surface area contributed by atoms with Crippen molar-refractivity contribution in [2.45, 2.75) is 56.9 Å². The zero-order valence-electron chi connectivity index (χ0n) is 20.1. The maximum atomic E-state index is 13.1. The Labute approximate surface area is 211 Å². The summed E-state index contributed by atoms with van der Waals surface area (Å²) in [5, 5.41) is 2.77. The van der Waals surface area contributed by atoms with E-state index in [1.807, 2.05) is 0 Å². The van der Waals surface area contributed by atoms with Gasteiger partial charge in [-0.3, -0.25) is 9.78 Å². The van der Waals surface area contributed by atoms with Crippen molar-refractivity contribution < 1.29 is 36.2 Å². The third-order valence-corrected chi connectivity index (χ3v) is 6.55. The van der Waals surface area contributed by atoms with Crippen molar-refractivity contribution in [2.75, 3.05) is 32.8 Å². The Hall–Kier alpha value is -2.86. The smallest absolute Gasteiger partial charge is 0.422 e. The standard InChI is InChI=1S/C25H29F5N4O3/c26-23(27)22-19(2-1-10-31-22)24(35)32-17-4-5-18(36-14-17)8-12-34-11-7-16-3-6-21(33-20(16)9-13-34)37-15-25(28,29)30/h1-3,6,10,17-18,23H,4-5,7-9,11-15H2,(H,32,35)/t17-,18+/m0/s1. The van der Waals surface area contributed by atoms with Crippen LogP contribution in [0.15, 0.2) is 30.5 Å². The third-order valence-electron chi connectivity index (χ3n) is 6.55. The summed E-state index contributed by atoms with van der Waals surface area (Å²) in [6, 6.07) is 5.79. The summed E-state index contributed by atoms with van der Waals surface area (Å²) >= 11 is 0. The SMILES string of the molecule is O=C(N[C@H]1CC[C@H](CCN2CCc3ccc(OCC(F)(F)F)nc3CC2)OC1)c1cccnc1C(F)F. The van der Waals surface area contributed by atoms with Crippen LogP contribution in [0.5, 0.6) is 5.88 Å². The molecule has 0 saturated carbocycles. The van der Waals surface area contributed by atoms with Crippen LogP contribution in [0.2, 0.25) is 0 Å². The number of carbonyl (C=O) groups excluding carboxylic acids is 1. The number of nitrogens with one attached hydrogen (secondary N) is 1. The summed E-state index contributed by atoms with van der Waals surface area (Å²) in [5.74, 6) is -0.601. The van der Waals surface area contributed by atoms with Crippen LogP contribution in [0.3, 0.4) is 0 Å². The molecule has 0 aromatic carbocycles. The van der Waals surface area contributed by atoms with E-state index in [0.29, 0.717) is 19.4 Å². The molecule has 4 heterocycles. The number of nitrogens with zero attached hydrogens (tertiary/aromatic N) is 3. The quantitative estimate of drug-likeness (QED) is 0.520. The summed E-state index contributed by atoms with van der Waals surface area (Å²) in [6.07, 6.45) is -2.42. The molecular weight excluding hydrogens is 499 g/mol. The van der Waals surface area contributed by atoms with Gasteiger partial charge in [0.2, 0.25) is 5.88 Å². The summed E-state index contributed by atoms with van der Waals surface area (Å²) in [7, 11) is 0. The van der Waals surface area contributed by atoms with Crippen LogP contribution in [-0.2, 0) is 17.6 Å². The van der Waals surface area contributed by atoms with Gasteiger partial charge in [0.1, 0.15) is 5.69 Å². The van der Waals surface area contributed by atoms with Crippen LogP contribution in [0.25, 0.3) is 0 Å². The Kier molecular flexibility index (Phi) is 8.91. The van der Waals surface area contributed by atoms with E-state index in [0.717, 1.165) is 50.2 Å². The van der Waals surface area contributed by atoms with E-state index in [4.69, 9.17) is 9.47 Å². The molecule has 4 rings (SSSR count). The lowest BCUT2D eigenvalue weighted by Gasteiger charge is -2.31. The highest BCUT2D eigenvalue weighted by Gasteiger charge is 2.29. The number of hydrogen-bond donors (Lipinski definition) is 1. The van der Waals surface area contributed by atoms with Gasteiger partial charge < -0.3 is 19.7 Å². The van der Waals surface area contributed by atoms with Crippen molar-refractivity contribution in [3.8, 4) is 5.88 Å². The number of fused-ring (bicyclic) bond motifs is 1. The van der Waals surface area contributed by atoms with E-state index in [1.165, 1.54) is 24.4 Å². The lowest BCUT2D eigenvalue weighted by molar-refractivity contribution is -0.154. The van der Waals surface area contributed by atoms with Gasteiger partial charge in [-0.1, -0.05) is 6.07 Å². The summed E-state index contributed by atoms with van der Waals surface area (Å²) in [4.78, 5) is 22.6. The monoisotopic (exact) mass is 528 g/mol. The van der Waals surface area contributed by atoms with Gasteiger partial charge in [0.05, 0.1) is 24.3 Å². The molecular formula is C25H29F5N4O3. The zero-order chi connectivity index (χ0) is 26.4. The predicted octanol–water partition coefficient (Wildman–Crippen LogP) is 4.12. The molecule has 2 atom stereocenters. The molecule has 2 aliphatic heterocycles. The average Bonchev–Trinajstić information content (AvgIpc) is 3.08. The summed E-state index contributed by atoms with van der Waals surface area (Å²) in [5.41, 5.74) is 1.11. The molecule has 2 aliphatic rings. The van der Waals surface area contributed by atoms with Crippen molar-refractivity contribution >= 4 is 5.91 Å². The second kappa shape index (κ2) is 12.1. The van der Waals surface area contributed by atoms with Gasteiger partial charge >= 0.3 is 6.18 Å². The Morgan fingerprint density at radius 1 is 1.19 bits per heavy atom. The molecule has 1 amide bonds. The van der Waals surface area contributed by atoms with E-state index in [1.54, 1.807) is 6.07 Å². The Morgan fingerprint density at radius 2 is 2.00 bits per heavy atom. The summed E-state index contributed by atoms with van der Waals surface area (Å²) < 4.78 is 74.2. The molecule has 1 fully saturated rings. The van der Waals surface area contributed by atoms with Gasteiger partial charge in [-0.2, -0.15) is 13.2 Å². The minimum Gasteiger partial charge on any atom is -0.468 e. The fourth-order valence-corrected chi connectivity index (χ4v) is 4.59. The molecule has 0 spiro atoms. The Bertz CT molecular complexity index is 1060. The topological polar surface area (TPSA) is 76.6 Å². The van der Waals surface area contributed by atoms with E-state index >= 15 is 0 Å². The first kappa shape index (κ1) is 27.2. The molecule has 2 aromatic heterocycles. The van der Waals surface area contributed by atoms with Gasteiger partial charge in [-0.05, 0) is 43.4 Å². The van der Waals surface area contributed by atoms with Crippen molar-refractivity contribution in [3.63, 3.8) is 0 Å². The number of amides is 1. The van der Waals surface area contributed by atoms with E-state index < -0.39 is 30.8 Å². The van der Waals surface area contributed by atoms with Gasteiger partial charge in [0, 0.05) is 44.0 Å². The molecule has 0 radical (unpaired) electrons. The Morgan fingerprint density at radius 3 is 2.73 bits per heavy atom. The number of alkyl halides is 5. The molecule has 1 saturated heterocycles. The number of carbonyl (C=O) groups is 1. The van der Waals surface area contributed by atoms with Gasteiger partial charge in [0.25, 0.3) is 12.3 Å². The molecule has 0 unspecified atom stereocenters. The van der Waals surface area contributed by atoms with E-state index in [9.17, 15) is 26.7 Å². The molecule has 1 N–H and O–H groups in total. The van der Waals surface area contributed by atoms with E-state index in [-0.39, 0.29) is 23.6 Å². The van der Waals surface area contributed by atoms with Crippen LogP contribution in [0, 0.1) is 0 Å². The zero-order valence-corrected chi connectivity index (χ0v) is 20.1. The molecule has 12 heteroatoms. The van der Waals surface area contributed by atoms with Crippen LogP contribution in [0.1, 0.15) is 53.0 Å². The first-order valence-corrected chi connectivity index (χ1v) is 12.2. The number of ether oxygens (including phenoxy) is 2. The molecule has 0 aliphatic carbocycles. The minimum absolute atomic E-state index is 0.0178. The first-order valence-electron chi connectivity index (χ1n) is 12.2. The second-order valence-electron chi connectivity index (χ2n) is 9.23. The first-order chi connectivity index (χ1) is 17.7. The van der Waals surface area contributed by atoms with Crippen molar-refractivity contribution in [1.82, 2.24) is 20.2 Å². The van der Waals surface area contributed by atoms with Crippen molar-refractivity contribution in [3.05, 3.63) is 53.0 Å². The molecule has 0 bridgehead atoms. The van der Waals surface area contributed by atoms with E-state index in [2.05, 4.69) is 20.2 Å². The second-order valence-corrected chi connectivity index (χ2v) is 9.23. The highest BCUT2D eigenvalue weighted by Crippen LogP contribution is 2.23. The number of halogens is 5. The van der Waals surface area contributed by atoms with Crippen LogP contribution < -0.4 is 10.1 Å². The Balaban J connectivity index is 1.20. The fraction of sp³-hybridized carbons (Fsp3) is 0.560. The lowest BCUT2D eigenvalue weighted by Crippen LogP contribution is -2.43. The number of hydrogen-bond acceptors (Lipinski definition) is 6. The van der Waals surface area contributed by atoms with Crippen molar-refractivity contribution in [2.24, 2.45) is 0 Å². The largest absolute Gasteiger partial charge is 0.468 e. The third kappa shape index (κ3) is 7.81. The maximum Gasteiger partial charge on any atom is 0.422 e. The predicted molar refractivity (Wildman–Crippen MR) is 124 cm³/mol. The minimum atomic E-state index is -4.41. The maximum absolute atomic E-state index is 13.1. The molecule has 37 heavy (non-hydrogen) atoms. The fourth-order valence-electron chi connectivity index (χ4n) is 4.59. The highest BCUT2D eigenvalue weighted by molar-refractivity contribution is 5.95. The normalized spacial score (nSPS) is 20.8. The highest BCUT2D eigenvalue weighted by atomic mass is 19.4. The number of pyridine rings is 2. The summed E-state index contributed by atoms with van der Waals surface area (Å²) in [6.45, 7) is 1.26. The molecule has 7 nitrogen and oxygen atoms in total. The van der Waals surface area contributed by atoms with Crippen LogP contribution in [-0.4, -0.2) is 71.9 Å². The average molecular weight is 529 g/mol. The van der Waals surface area contributed by atoms with Gasteiger partial charge in [-0.25, -0.2) is 13.8 Å². The number of aromatic nitrogens is 2. The van der Waals surface area contributed by atoms with Crippen LogP contribution >= 0.6 is 0 Å². The van der Waals surface area contributed by atoms with Gasteiger partial charge in [-0.15, -0.1) is 0 Å². The van der Waals surface area contributed by atoms with Crippen molar-refractivity contribution in [1.29, 1.82) is 0 Å².